The lowest BCUT2D eigenvalue weighted by molar-refractivity contribution is -0.873. The van der Waals surface area contributed by atoms with Crippen molar-refractivity contribution in [2.75, 3.05) is 95.3 Å². The third-order valence-corrected chi connectivity index (χ3v) is 18.2. The smallest absolute Gasteiger partial charge is 0.152 e. The summed E-state index contributed by atoms with van der Waals surface area (Å²) in [4.78, 5) is 53.8. The van der Waals surface area contributed by atoms with Crippen molar-refractivity contribution >= 4 is 29.0 Å². The second-order valence-corrected chi connectivity index (χ2v) is 36.3. The van der Waals surface area contributed by atoms with Crippen LogP contribution in [0.1, 0.15) is 310 Å². The van der Waals surface area contributed by atoms with Gasteiger partial charge in [0.05, 0.1) is 27.7 Å². The van der Waals surface area contributed by atoms with Crippen molar-refractivity contribution in [2.45, 2.75) is 310 Å². The molecule has 2 heterocycles. The second kappa shape index (κ2) is 57.4. The summed E-state index contributed by atoms with van der Waals surface area (Å²) < 4.78 is 1.08. The van der Waals surface area contributed by atoms with E-state index in [2.05, 4.69) is 252 Å². The Kier molecular flexibility index (Phi) is 61.3. The fourth-order valence-corrected chi connectivity index (χ4v) is 11.2. The van der Waals surface area contributed by atoms with E-state index in [0.29, 0.717) is 76.6 Å². The quantitative estimate of drug-likeness (QED) is 0.0566. The van der Waals surface area contributed by atoms with Crippen LogP contribution in [-0.2, 0) is 19.2 Å². The van der Waals surface area contributed by atoms with Crippen molar-refractivity contribution in [3.63, 3.8) is 0 Å². The zero-order chi connectivity index (χ0) is 75.1. The average Bonchev–Trinajstić information content (AvgIpc) is 1.70. The van der Waals surface area contributed by atoms with Gasteiger partial charge in [-0.25, -0.2) is 4.99 Å². The summed E-state index contributed by atoms with van der Waals surface area (Å²) in [7, 11) is 15.1. The van der Waals surface area contributed by atoms with Crippen LogP contribution in [0.15, 0.2) is 15.2 Å². The van der Waals surface area contributed by atoms with Crippen LogP contribution >= 0.6 is 0 Å². The molecule has 0 spiro atoms. The number of ketones is 4. The standard InChI is InChI=1S/2C9H16O.C8H17N.C8H19N.2C8H14O.C8H18.C7H18N.C7H17N.C6H11N3.C6H14/c2*1-6(2)9-5-8(9)4-7(3)10;1-8(2)4-7-9-5-3-6-9;1-8(2)6-5-7-9(3)4;2*1-5(2)7-4-8(7)6(3)9;1-4-5-6-7-8(2)3;1-7(2)6-8(3,4)5;1-7(2)5-6-8(3)4;1-5(2)3-6-7-4-8-9-6;1-5-6(2,3)4/h2*6,8-9H,4-5H2,1-3H3;8H,3-7H2,1-2H3;8H,5-7H2,1-4H3;2*5,7-8H,4H2,1-3H3;8H,4-7H2,1-3H3;7H,6H2,1-5H3;7H,5-6H2,1-4H3;5H,3-4H2,1-2H3;5H2,1-4H3/q;;;;;;;+1;;;. The Bertz CT molecular complexity index is 1830. The van der Waals surface area contributed by atoms with Crippen LogP contribution in [-0.4, -0.2) is 143 Å². The molecule has 0 bridgehead atoms. The highest BCUT2D eigenvalue weighted by molar-refractivity contribution is 5.83. The van der Waals surface area contributed by atoms with Crippen LogP contribution in [0.25, 0.3) is 0 Å². The largest absolute Gasteiger partial charge is 0.331 e. The molecule has 0 aromatic rings. The normalized spacial score (nSPS) is 21.0. The predicted octanol–water partition coefficient (Wildman–Crippen LogP) is 22.4. The van der Waals surface area contributed by atoms with E-state index in [1.54, 1.807) is 27.7 Å². The van der Waals surface area contributed by atoms with Crippen molar-refractivity contribution in [3.05, 3.63) is 0 Å². The van der Waals surface area contributed by atoms with E-state index in [1.807, 2.05) is 0 Å². The minimum Gasteiger partial charge on any atom is -0.331 e. The van der Waals surface area contributed by atoms with Crippen molar-refractivity contribution in [1.82, 2.24) is 14.7 Å². The van der Waals surface area contributed by atoms with Gasteiger partial charge in [-0.3, -0.25) is 9.59 Å². The van der Waals surface area contributed by atoms with Crippen LogP contribution in [0.3, 0.4) is 0 Å². The van der Waals surface area contributed by atoms with Gasteiger partial charge in [0, 0.05) is 37.0 Å². The number of amidine groups is 1. The lowest BCUT2D eigenvalue weighted by atomic mass is 9.94. The number of Topliss-reactive ketones (excluding diaryl/α,β-unsaturated/α-hetero) is 4. The molecule has 0 aromatic heterocycles. The third-order valence-electron chi connectivity index (χ3n) is 18.2. The molecule has 8 unspecified atom stereocenters. The summed E-state index contributed by atoms with van der Waals surface area (Å²) >= 11 is 0. The van der Waals surface area contributed by atoms with E-state index in [-0.39, 0.29) is 0 Å². The molecule has 6 aliphatic rings. The number of quaternary nitrogens is 1. The van der Waals surface area contributed by atoms with E-state index < -0.39 is 0 Å². The van der Waals surface area contributed by atoms with Crippen LogP contribution in [0.4, 0.5) is 0 Å². The van der Waals surface area contributed by atoms with Crippen LogP contribution in [0, 0.1) is 112 Å². The Labute approximate surface area is 596 Å². The van der Waals surface area contributed by atoms with Crippen molar-refractivity contribution in [2.24, 2.45) is 127 Å². The molecule has 0 N–H and O–H groups in total. The van der Waals surface area contributed by atoms with Gasteiger partial charge in [-0.2, -0.15) is 5.11 Å². The van der Waals surface area contributed by atoms with E-state index >= 15 is 0 Å². The number of rotatable bonds is 28. The Morgan fingerprint density at radius 1 is 0.505 bits per heavy atom. The van der Waals surface area contributed by atoms with Crippen molar-refractivity contribution in [3.8, 4) is 0 Å². The molecule has 5 fully saturated rings. The molecular weight excluding hydrogens is 1170 g/mol. The number of nitrogens with zero attached hydrogens (tertiary/aromatic N) is 7. The average molecular weight is 1350 g/mol. The Hall–Kier alpha value is -2.21. The second-order valence-electron chi connectivity index (χ2n) is 36.3. The molecule has 11 nitrogen and oxygen atoms in total. The molecule has 0 aromatic carbocycles. The first kappa shape index (κ1) is 101. The van der Waals surface area contributed by atoms with Crippen LogP contribution < -0.4 is 0 Å². The topological polar surface area (TPSA) is 115 Å². The van der Waals surface area contributed by atoms with E-state index in [4.69, 9.17) is 0 Å². The van der Waals surface area contributed by atoms with Crippen LogP contribution in [0.2, 0.25) is 0 Å². The highest BCUT2D eigenvalue weighted by Crippen LogP contribution is 2.47. The number of carbonyl (C=O) groups is 4. The molecule has 568 valence electrons. The van der Waals surface area contributed by atoms with Crippen molar-refractivity contribution < 1.29 is 23.7 Å². The van der Waals surface area contributed by atoms with E-state index in [9.17, 15) is 19.2 Å². The lowest BCUT2D eigenvalue weighted by Gasteiger charge is -2.31. The first-order chi connectivity index (χ1) is 43.5. The summed E-state index contributed by atoms with van der Waals surface area (Å²) in [5.41, 5.74) is 0.542. The highest BCUT2D eigenvalue weighted by Gasteiger charge is 2.43. The zero-order valence-electron chi connectivity index (χ0n) is 71.1. The van der Waals surface area contributed by atoms with Gasteiger partial charge in [-0.1, -0.05) is 205 Å². The minimum atomic E-state index is 0.355. The van der Waals surface area contributed by atoms with E-state index in [1.165, 1.54) is 116 Å². The molecular formula is C84H174N7O4+. The van der Waals surface area contributed by atoms with Gasteiger partial charge >= 0.3 is 0 Å². The van der Waals surface area contributed by atoms with E-state index in [0.717, 1.165) is 108 Å². The number of hydrogen-bond donors (Lipinski definition) is 0. The number of aliphatic imine (C=N–C) groups is 1. The van der Waals surface area contributed by atoms with Gasteiger partial charge < -0.3 is 28.8 Å². The first-order valence-electron chi connectivity index (χ1n) is 39.3. The van der Waals surface area contributed by atoms with Crippen LogP contribution in [0.5, 0.6) is 0 Å². The summed E-state index contributed by atoms with van der Waals surface area (Å²) in [6.07, 6.45) is 21.2. The molecule has 0 radical (unpaired) electrons. The van der Waals surface area contributed by atoms with Gasteiger partial charge in [0.2, 0.25) is 0 Å². The summed E-state index contributed by atoms with van der Waals surface area (Å²) in [6, 6.07) is 0. The Morgan fingerprint density at radius 2 is 0.884 bits per heavy atom. The van der Waals surface area contributed by atoms with Gasteiger partial charge in [0.25, 0.3) is 0 Å². The monoisotopic (exact) mass is 1350 g/mol. The van der Waals surface area contributed by atoms with Gasteiger partial charge in [-0.15, -0.1) is 5.11 Å². The highest BCUT2D eigenvalue weighted by atomic mass is 16.1. The Balaban J connectivity index is -0.000000313. The van der Waals surface area contributed by atoms with Crippen molar-refractivity contribution in [1.29, 1.82) is 0 Å². The maximum atomic E-state index is 10.7. The fraction of sp³-hybridized carbons (Fsp3) is 0.940. The fourth-order valence-electron chi connectivity index (χ4n) is 11.2. The predicted molar refractivity (Wildman–Crippen MR) is 422 cm³/mol. The molecule has 8 atom stereocenters. The molecule has 0 amide bonds. The molecule has 4 saturated carbocycles. The lowest BCUT2D eigenvalue weighted by Crippen LogP contribution is -2.38. The number of carbonyl (C=O) groups excluding carboxylic acids is 4. The summed E-state index contributed by atoms with van der Waals surface area (Å²) in [5.74, 6) is 15.7. The summed E-state index contributed by atoms with van der Waals surface area (Å²) in [5, 5.41) is 7.59. The number of hydrogen-bond acceptors (Lipinski definition) is 10. The first-order valence-corrected chi connectivity index (χ1v) is 39.3. The molecule has 6 rings (SSSR count). The molecule has 95 heavy (non-hydrogen) atoms. The number of unbranched alkanes of at least 4 members (excludes halogenated alkanes) is 2. The zero-order valence-corrected chi connectivity index (χ0v) is 71.1. The maximum absolute atomic E-state index is 10.7. The SMILES string of the molecule is CC(=O)C1CC1C(C)C.CC(=O)C1CC1C(C)C.CC(=O)CC1CC1C(C)C.CC(=O)CC1CC1C(C)C.CC(C)CC1=NCN=N1.CC(C)CCCN(C)C.CC(C)CCN(C)C.CC(C)CCN1CCC1.CC(C)C[N+](C)(C)C.CCC(C)(C)C.CCCCCC(C)C. The maximum Gasteiger partial charge on any atom is 0.152 e. The van der Waals surface area contributed by atoms with Gasteiger partial charge in [0.1, 0.15) is 29.0 Å². The summed E-state index contributed by atoms with van der Waals surface area (Å²) in [6.45, 7) is 71.0. The molecule has 1 saturated heterocycles. The molecule has 4 aliphatic carbocycles. The Morgan fingerprint density at radius 3 is 1.07 bits per heavy atom. The molecule has 2 aliphatic heterocycles. The third kappa shape index (κ3) is 74.3. The minimum absolute atomic E-state index is 0.355. The molecule has 11 heteroatoms. The van der Waals surface area contributed by atoms with Gasteiger partial charge in [0.15, 0.2) is 6.67 Å². The number of likely N-dealkylation sites (tertiary alicyclic amines) is 1. The number of azo groups is 1. The van der Waals surface area contributed by atoms with Gasteiger partial charge in [-0.05, 0) is 241 Å².